The van der Waals surface area contributed by atoms with E-state index in [0.29, 0.717) is 33.2 Å². The van der Waals surface area contributed by atoms with Gasteiger partial charge in [0, 0.05) is 0 Å². The summed E-state index contributed by atoms with van der Waals surface area (Å²) in [5, 5.41) is 0. The first-order valence-corrected chi connectivity index (χ1v) is 15.0. The number of hydrogen-bond acceptors (Lipinski definition) is 0. The van der Waals surface area contributed by atoms with Gasteiger partial charge in [0.15, 0.2) is 0 Å². The van der Waals surface area contributed by atoms with Crippen molar-refractivity contribution in [3.05, 3.63) is 0 Å². The fourth-order valence-electron chi connectivity index (χ4n) is 0.323. The van der Waals surface area contributed by atoms with E-state index in [-0.39, 0.29) is 0 Å². The van der Waals surface area contributed by atoms with Gasteiger partial charge in [0.1, 0.15) is 0 Å². The summed E-state index contributed by atoms with van der Waals surface area (Å²) in [6, 6.07) is 0. The molecular formula is C3H6Sb2. The Bertz CT molecular complexity index is 70.9. The summed E-state index contributed by atoms with van der Waals surface area (Å²) in [7, 11) is 0. The molecule has 0 spiro atoms. The molecule has 0 unspecified atom stereocenters. The van der Waals surface area contributed by atoms with Crippen LogP contribution in [0.1, 0.15) is 6.42 Å². The maximum absolute atomic E-state index is 2.60. The predicted molar refractivity (Wildman–Crippen MR) is 28.4 cm³/mol. The van der Waals surface area contributed by atoms with Gasteiger partial charge in [-0.1, -0.05) is 0 Å². The molecule has 0 bridgehead atoms. The third kappa shape index (κ3) is 1.60. The third-order valence-electron chi connectivity index (χ3n) is 0.568. The van der Waals surface area contributed by atoms with Gasteiger partial charge in [-0.15, -0.1) is 0 Å². The van der Waals surface area contributed by atoms with E-state index in [0.717, 1.165) is 0 Å². The van der Waals surface area contributed by atoms with Gasteiger partial charge in [-0.25, -0.2) is 0 Å². The van der Waals surface area contributed by atoms with Crippen LogP contribution in [0.15, 0.2) is 0 Å². The summed E-state index contributed by atoms with van der Waals surface area (Å²) >= 11 is 0.935. The van der Waals surface area contributed by atoms with Gasteiger partial charge in [0.2, 0.25) is 0 Å². The van der Waals surface area contributed by atoms with Gasteiger partial charge < -0.3 is 0 Å². The first-order chi connectivity index (χ1) is 2.50. The molecule has 0 nitrogen and oxygen atoms in total. The van der Waals surface area contributed by atoms with Gasteiger partial charge in [-0.3, -0.25) is 0 Å². The molecule has 0 radical (unpaired) electrons. The Morgan fingerprint density at radius 1 is 1.80 bits per heavy atom. The minimum atomic E-state index is 0.354. The van der Waals surface area contributed by atoms with Crippen LogP contribution in [0, 0.1) is 0 Å². The Hall–Kier alpha value is 1.51. The molecule has 0 N–H and O–H groups in total. The van der Waals surface area contributed by atoms with Crippen molar-refractivity contribution >= 4 is 37.1 Å². The molecular weight excluding hydrogens is 280 g/mol. The van der Waals surface area contributed by atoms with E-state index in [1.807, 2.05) is 0 Å². The Morgan fingerprint density at radius 3 is 3.00 bits per heavy atom. The van der Waals surface area contributed by atoms with Crippen molar-refractivity contribution in [1.29, 1.82) is 0 Å². The SMILES string of the molecule is [CH]1=[SbH]=[Sb][CH2]C1. The van der Waals surface area contributed by atoms with Gasteiger partial charge in [-0.2, -0.15) is 0 Å². The molecule has 28 valence electrons. The molecule has 0 saturated carbocycles. The molecule has 1 aliphatic heterocycles. The molecule has 2 heteroatoms. The molecule has 0 saturated heterocycles. The molecule has 0 aliphatic carbocycles. The molecule has 0 aromatic rings. The fraction of sp³-hybridized carbons (Fsp3) is 0.667. The summed E-state index contributed by atoms with van der Waals surface area (Å²) in [5.41, 5.74) is 0. The van der Waals surface area contributed by atoms with Crippen LogP contribution < -0.4 is 0 Å². The minimum absolute atomic E-state index is 0.354. The quantitative estimate of drug-likeness (QED) is 0.535. The standard InChI is InChI=1S/C3H5.2Sb.H/c1-3-2;;;/h1H,2-3H2;;;. The van der Waals surface area contributed by atoms with Crippen molar-refractivity contribution < 1.29 is 0 Å². The van der Waals surface area contributed by atoms with Crippen LogP contribution in [-0.4, -0.2) is 37.1 Å². The van der Waals surface area contributed by atoms with Crippen molar-refractivity contribution in [2.45, 2.75) is 10.8 Å². The van der Waals surface area contributed by atoms with Gasteiger partial charge >= 0.3 is 47.9 Å². The van der Waals surface area contributed by atoms with E-state index < -0.39 is 0 Å². The third-order valence-corrected chi connectivity index (χ3v) is 15.1. The van der Waals surface area contributed by atoms with Crippen LogP contribution in [0.4, 0.5) is 0 Å². The van der Waals surface area contributed by atoms with Crippen molar-refractivity contribution in [3.8, 4) is 0 Å². The summed E-state index contributed by atoms with van der Waals surface area (Å²) in [5.74, 6) is 0. The molecule has 5 heavy (non-hydrogen) atoms. The second-order valence-electron chi connectivity index (χ2n) is 1.00. The van der Waals surface area contributed by atoms with Crippen LogP contribution >= 0.6 is 0 Å². The topological polar surface area (TPSA) is 0 Å². The van der Waals surface area contributed by atoms with Gasteiger partial charge in [-0.05, 0) is 0 Å². The zero-order valence-electron chi connectivity index (χ0n) is 2.94. The molecule has 0 atom stereocenters. The van der Waals surface area contributed by atoms with E-state index in [9.17, 15) is 0 Å². The molecule has 0 amide bonds. The van der Waals surface area contributed by atoms with Crippen LogP contribution in [0.2, 0.25) is 4.37 Å². The van der Waals surface area contributed by atoms with Crippen LogP contribution in [0.5, 0.6) is 0 Å². The molecule has 0 fully saturated rings. The Labute approximate surface area is 47.4 Å². The van der Waals surface area contributed by atoms with Crippen molar-refractivity contribution in [2.24, 2.45) is 0 Å². The summed E-state index contributed by atoms with van der Waals surface area (Å²) in [4.78, 5) is 0. The number of hydrogen-bond donors (Lipinski definition) is 0. The Balaban J connectivity index is 2.64. The summed E-state index contributed by atoms with van der Waals surface area (Å²) in [6.07, 6.45) is 1.52. The Kier molecular flexibility index (Phi) is 2.46. The monoisotopic (exact) mass is 284 g/mol. The molecule has 0 aromatic carbocycles. The summed E-state index contributed by atoms with van der Waals surface area (Å²) < 4.78 is 4.27. The molecule has 0 aromatic heterocycles. The van der Waals surface area contributed by atoms with E-state index in [4.69, 9.17) is 0 Å². The molecule has 1 heterocycles. The van der Waals surface area contributed by atoms with Crippen molar-refractivity contribution in [1.82, 2.24) is 0 Å². The van der Waals surface area contributed by atoms with E-state index in [1.54, 1.807) is 4.37 Å². The predicted octanol–water partition coefficient (Wildman–Crippen LogP) is -0.334. The first-order valence-electron chi connectivity index (χ1n) is 1.74. The molecule has 1 rings (SSSR count). The maximum atomic E-state index is 2.60. The molecule has 1 aliphatic rings. The van der Waals surface area contributed by atoms with Crippen molar-refractivity contribution in [3.63, 3.8) is 0 Å². The summed E-state index contributed by atoms with van der Waals surface area (Å²) in [6.45, 7) is 0. The van der Waals surface area contributed by atoms with Crippen LogP contribution in [-0.2, 0) is 0 Å². The average Bonchev–Trinajstić information content (AvgIpc) is 1.76. The van der Waals surface area contributed by atoms with Crippen molar-refractivity contribution in [2.75, 3.05) is 0 Å². The van der Waals surface area contributed by atoms with Gasteiger partial charge in [0.05, 0.1) is 0 Å². The first kappa shape index (κ1) is 4.66. The second-order valence-corrected chi connectivity index (χ2v) is 16.1. The van der Waals surface area contributed by atoms with Gasteiger partial charge in [0.25, 0.3) is 0 Å². The van der Waals surface area contributed by atoms with E-state index in [1.165, 1.54) is 6.42 Å². The zero-order valence-corrected chi connectivity index (χ0v) is 8.35. The second kappa shape index (κ2) is 2.64. The van der Waals surface area contributed by atoms with E-state index >= 15 is 0 Å². The normalized spacial score (nSPS) is 19.2. The van der Waals surface area contributed by atoms with Crippen LogP contribution in [0.3, 0.4) is 0 Å². The zero-order chi connectivity index (χ0) is 3.54. The average molecular weight is 286 g/mol. The van der Waals surface area contributed by atoms with E-state index in [2.05, 4.69) is 3.95 Å². The fourth-order valence-corrected chi connectivity index (χ4v) is 14.5. The Morgan fingerprint density at radius 2 is 2.80 bits per heavy atom. The number of rotatable bonds is 0. The van der Waals surface area contributed by atoms with Crippen LogP contribution in [0.25, 0.3) is 0 Å².